The summed E-state index contributed by atoms with van der Waals surface area (Å²) in [5.41, 5.74) is 0. The lowest BCUT2D eigenvalue weighted by Crippen LogP contribution is -2.35. The first-order chi connectivity index (χ1) is 2.27. The molecule has 0 atom stereocenters. The van der Waals surface area contributed by atoms with Crippen LogP contribution in [0.25, 0.3) is 0 Å². The van der Waals surface area contributed by atoms with Gasteiger partial charge in [0.05, 0.1) is 0 Å². The lowest BCUT2D eigenvalue weighted by molar-refractivity contribution is 0.407. The van der Waals surface area contributed by atoms with Gasteiger partial charge in [-0.15, -0.1) is 0 Å². The minimum absolute atomic E-state index is 0.319. The van der Waals surface area contributed by atoms with Gasteiger partial charge in [0, 0.05) is 0 Å². The van der Waals surface area contributed by atoms with Crippen molar-refractivity contribution in [3.8, 4) is 0 Å². The Morgan fingerprint density at radius 2 is 1.80 bits per heavy atom. The van der Waals surface area contributed by atoms with Crippen molar-refractivity contribution in [2.24, 2.45) is 11.7 Å². The van der Waals surface area contributed by atoms with E-state index in [1.807, 2.05) is 0 Å². The number of rotatable bonds is 1. The van der Waals surface area contributed by atoms with E-state index in [1.165, 1.54) is 6.41 Å². The number of nitrogens with two attached hydrogens (primary N) is 2. The van der Waals surface area contributed by atoms with Crippen molar-refractivity contribution in [3.05, 3.63) is 0 Å². The van der Waals surface area contributed by atoms with E-state index >= 15 is 0 Å². The summed E-state index contributed by atoms with van der Waals surface area (Å²) in [6.07, 6.45) is 1.17. The van der Waals surface area contributed by atoms with Gasteiger partial charge in [0.25, 0.3) is 0 Å². The molecule has 0 aliphatic carbocycles. The van der Waals surface area contributed by atoms with E-state index in [2.05, 4.69) is 11.7 Å². The maximum absolute atomic E-state index is 9.06. The SMILES string of the molecule is NN(N)[C]=O. The highest BCUT2D eigenvalue weighted by Gasteiger charge is 1.72. The van der Waals surface area contributed by atoms with Crippen LogP contribution in [0.4, 0.5) is 0 Å². The highest BCUT2D eigenvalue weighted by atomic mass is 16.2. The molecule has 0 aliphatic rings. The summed E-state index contributed by atoms with van der Waals surface area (Å²) in [6, 6.07) is 0. The first kappa shape index (κ1) is 4.39. The molecule has 0 heterocycles. The number of nitrogens with zero attached hydrogens (tertiary/aromatic N) is 1. The minimum atomic E-state index is 0.319. The first-order valence-corrected chi connectivity index (χ1v) is 0.944. The molecular formula is CH4N3O. The molecule has 4 heteroatoms. The van der Waals surface area contributed by atoms with Gasteiger partial charge < -0.3 is 0 Å². The van der Waals surface area contributed by atoms with Gasteiger partial charge in [-0.1, -0.05) is 0 Å². The van der Waals surface area contributed by atoms with Crippen LogP contribution in [0, 0.1) is 0 Å². The Hall–Kier alpha value is -0.610. The zero-order valence-corrected chi connectivity index (χ0v) is 2.51. The van der Waals surface area contributed by atoms with Crippen LogP contribution >= 0.6 is 0 Å². The Morgan fingerprint density at radius 1 is 1.60 bits per heavy atom. The van der Waals surface area contributed by atoms with Crippen LogP contribution in [0.3, 0.4) is 0 Å². The molecule has 0 aromatic heterocycles. The van der Waals surface area contributed by atoms with Gasteiger partial charge in [0.1, 0.15) is 0 Å². The van der Waals surface area contributed by atoms with E-state index in [1.54, 1.807) is 0 Å². The highest BCUT2D eigenvalue weighted by molar-refractivity contribution is 5.45. The van der Waals surface area contributed by atoms with Crippen molar-refractivity contribution < 1.29 is 4.79 Å². The summed E-state index contributed by atoms with van der Waals surface area (Å²) in [7, 11) is 0. The summed E-state index contributed by atoms with van der Waals surface area (Å²) in [6.45, 7) is 0. The summed E-state index contributed by atoms with van der Waals surface area (Å²) in [5.74, 6) is 8.96. The largest absolute Gasteiger partial charge is 0.343 e. The molecule has 0 aromatic carbocycles. The molecule has 5 heavy (non-hydrogen) atoms. The van der Waals surface area contributed by atoms with Gasteiger partial charge in [-0.3, -0.25) is 4.79 Å². The fraction of sp³-hybridized carbons (Fsp3) is 0. The third kappa shape index (κ3) is 3.39. The normalized spacial score (nSPS) is 6.80. The van der Waals surface area contributed by atoms with Crippen LogP contribution in [0.15, 0.2) is 0 Å². The quantitative estimate of drug-likeness (QED) is 0.165. The topological polar surface area (TPSA) is 72.3 Å². The predicted octanol–water partition coefficient (Wildman–Crippen LogP) is -1.90. The second kappa shape index (κ2) is 1.68. The van der Waals surface area contributed by atoms with Crippen molar-refractivity contribution in [2.45, 2.75) is 0 Å². The Bertz CT molecular complexity index is 33.9. The molecule has 0 saturated heterocycles. The van der Waals surface area contributed by atoms with E-state index in [9.17, 15) is 0 Å². The van der Waals surface area contributed by atoms with Crippen molar-refractivity contribution in [1.82, 2.24) is 5.12 Å². The molecule has 0 bridgehead atoms. The van der Waals surface area contributed by atoms with Gasteiger partial charge in [-0.05, 0) is 0 Å². The Balaban J connectivity index is 2.83. The predicted molar refractivity (Wildman–Crippen MR) is 15.9 cm³/mol. The van der Waals surface area contributed by atoms with Crippen LogP contribution in [-0.4, -0.2) is 11.5 Å². The molecule has 0 aliphatic heterocycles. The third-order valence-corrected chi connectivity index (χ3v) is 0.105. The lowest BCUT2D eigenvalue weighted by atomic mass is 11.4. The number of amides is 1. The smallest absolute Gasteiger partial charge is 0.260 e. The molecule has 0 saturated carbocycles. The van der Waals surface area contributed by atoms with Crippen molar-refractivity contribution in [1.29, 1.82) is 0 Å². The van der Waals surface area contributed by atoms with Crippen LogP contribution in [0.2, 0.25) is 0 Å². The lowest BCUT2D eigenvalue weighted by Gasteiger charge is -1.91. The van der Waals surface area contributed by atoms with Crippen molar-refractivity contribution >= 4 is 6.41 Å². The van der Waals surface area contributed by atoms with Gasteiger partial charge in [0.2, 0.25) is 0 Å². The summed E-state index contributed by atoms with van der Waals surface area (Å²) in [4.78, 5) is 9.06. The Kier molecular flexibility index (Phi) is 1.48. The Labute approximate surface area is 29.3 Å². The maximum atomic E-state index is 9.06. The molecule has 1 amide bonds. The zero-order valence-electron chi connectivity index (χ0n) is 2.51. The molecule has 0 unspecified atom stereocenters. The Morgan fingerprint density at radius 3 is 1.80 bits per heavy atom. The van der Waals surface area contributed by atoms with Crippen LogP contribution in [0.1, 0.15) is 0 Å². The molecular weight excluding hydrogens is 70.0 g/mol. The molecule has 29 valence electrons. The fourth-order valence-corrected chi connectivity index (χ4v) is 0. The zero-order chi connectivity index (χ0) is 4.28. The van der Waals surface area contributed by atoms with Gasteiger partial charge in [-0.2, -0.15) is 0 Å². The van der Waals surface area contributed by atoms with Gasteiger partial charge in [0.15, 0.2) is 0 Å². The molecule has 0 rings (SSSR count). The van der Waals surface area contributed by atoms with E-state index < -0.39 is 0 Å². The van der Waals surface area contributed by atoms with E-state index in [-0.39, 0.29) is 0 Å². The van der Waals surface area contributed by atoms with Gasteiger partial charge >= 0.3 is 6.41 Å². The highest BCUT2D eigenvalue weighted by Crippen LogP contribution is 1.33. The second-order valence-electron chi connectivity index (χ2n) is 0.499. The first-order valence-electron chi connectivity index (χ1n) is 0.944. The van der Waals surface area contributed by atoms with E-state index in [0.29, 0.717) is 5.12 Å². The molecule has 0 fully saturated rings. The molecule has 1 radical (unpaired) electrons. The third-order valence-electron chi connectivity index (χ3n) is 0.105. The molecule has 0 spiro atoms. The summed E-state index contributed by atoms with van der Waals surface area (Å²) >= 11 is 0. The van der Waals surface area contributed by atoms with Crippen molar-refractivity contribution in [2.75, 3.05) is 0 Å². The standard InChI is InChI=1S/CH4N3O/c2-4(3)1-5/h2-3H2. The van der Waals surface area contributed by atoms with E-state index in [4.69, 9.17) is 4.79 Å². The summed E-state index contributed by atoms with van der Waals surface area (Å²) in [5, 5.41) is 0.319. The van der Waals surface area contributed by atoms with Crippen LogP contribution in [0.5, 0.6) is 0 Å². The average molecular weight is 74.1 g/mol. The maximum Gasteiger partial charge on any atom is 0.343 e. The number of hydrogen-bond donors (Lipinski definition) is 2. The van der Waals surface area contributed by atoms with Gasteiger partial charge in [-0.25, -0.2) is 16.8 Å². The number of carbonyl (C=O) groups excluding carboxylic acids is 1. The minimum Gasteiger partial charge on any atom is -0.260 e. The van der Waals surface area contributed by atoms with Crippen LogP contribution < -0.4 is 11.7 Å². The summed E-state index contributed by atoms with van der Waals surface area (Å²) < 4.78 is 0. The average Bonchev–Trinajstić information content (AvgIpc) is 1.38. The van der Waals surface area contributed by atoms with Crippen LogP contribution in [-0.2, 0) is 4.79 Å². The molecule has 4 nitrogen and oxygen atoms in total. The second-order valence-corrected chi connectivity index (χ2v) is 0.499. The molecule has 4 N–H and O–H groups in total. The number of hydrazine groups is 2. The monoisotopic (exact) mass is 74.0 g/mol. The van der Waals surface area contributed by atoms with Crippen molar-refractivity contribution in [3.63, 3.8) is 0 Å². The fourth-order valence-electron chi connectivity index (χ4n) is 0. The van der Waals surface area contributed by atoms with E-state index in [0.717, 1.165) is 0 Å². The number of hydrogen-bond acceptors (Lipinski definition) is 3. The molecule has 0 aromatic rings.